The van der Waals surface area contributed by atoms with Gasteiger partial charge in [0, 0.05) is 6.42 Å². The van der Waals surface area contributed by atoms with Gasteiger partial charge in [-0.2, -0.15) is 4.98 Å². The molecular weight excluding hydrogens is 574 g/mol. The van der Waals surface area contributed by atoms with Crippen LogP contribution in [0, 0.1) is 0 Å². The van der Waals surface area contributed by atoms with Crippen LogP contribution in [0.5, 0.6) is 0 Å². The summed E-state index contributed by atoms with van der Waals surface area (Å²) in [6.07, 6.45) is -0.742. The summed E-state index contributed by atoms with van der Waals surface area (Å²) in [5.41, 5.74) is 0.611. The van der Waals surface area contributed by atoms with Gasteiger partial charge in [-0.25, -0.2) is 18.4 Å². The first kappa shape index (κ1) is 30.6. The Morgan fingerprint density at radius 2 is 1.89 bits per heavy atom. The molecule has 0 radical (unpaired) electrons. The molecule has 2 aromatic heterocycles. The molecule has 0 aromatic carbocycles. The first-order chi connectivity index (χ1) is 17.2. The Balaban J connectivity index is 1.91. The van der Waals surface area contributed by atoms with Crippen molar-refractivity contribution < 1.29 is 41.3 Å². The minimum Gasteiger partial charge on any atom is -0.366 e. The molecule has 4 atom stereocenters. The van der Waals surface area contributed by atoms with E-state index in [0.29, 0.717) is 11.2 Å². The number of aromatic nitrogens is 4. The Morgan fingerprint density at radius 1 is 1.24 bits per heavy atom. The van der Waals surface area contributed by atoms with Gasteiger partial charge in [0.25, 0.3) is 5.18 Å². The summed E-state index contributed by atoms with van der Waals surface area (Å²) >= 11 is 12.1. The number of halogens is 2. The molecular formula is C20H31Cl2N4O9PS. The van der Waals surface area contributed by atoms with Crippen LogP contribution in [0.4, 0.5) is 0 Å². The van der Waals surface area contributed by atoms with Crippen LogP contribution < -0.4 is 0 Å². The molecule has 0 amide bonds. The molecule has 3 rings (SSSR count). The van der Waals surface area contributed by atoms with Crippen molar-refractivity contribution in [1.82, 2.24) is 19.5 Å². The molecule has 1 aliphatic rings. The number of imidazole rings is 1. The zero-order valence-electron chi connectivity index (χ0n) is 21.0. The van der Waals surface area contributed by atoms with Crippen molar-refractivity contribution in [3.63, 3.8) is 0 Å². The quantitative estimate of drug-likeness (QED) is 0.153. The van der Waals surface area contributed by atoms with Crippen molar-refractivity contribution >= 4 is 51.8 Å². The number of ether oxygens (including phenoxy) is 3. The standard InChI is InChI=1S/C20H31Cl2N4O9PS/c1-6-32-36(28,33-7-2)19(37(29,30)8-3)31-10-13-12(35-20(4,5)27)9-14(34-13)26-11-23-15-16(21)24-18(22)25-17(15)26/h11-14,19,27H,6-10H2,1-5H3/t12-,13+,14+,19?/m0/s1. The molecule has 1 saturated heterocycles. The second-order valence-electron chi connectivity index (χ2n) is 8.54. The van der Waals surface area contributed by atoms with E-state index in [-0.39, 0.29) is 42.4 Å². The highest BCUT2D eigenvalue weighted by atomic mass is 35.5. The van der Waals surface area contributed by atoms with Gasteiger partial charge in [-0.3, -0.25) is 9.13 Å². The fourth-order valence-electron chi connectivity index (χ4n) is 3.81. The smallest absolute Gasteiger partial charge is 0.366 e. The molecule has 0 aliphatic carbocycles. The fraction of sp³-hybridized carbons (Fsp3) is 0.750. The number of aliphatic hydroxyl groups is 1. The van der Waals surface area contributed by atoms with Gasteiger partial charge in [0.05, 0.1) is 38.0 Å². The lowest BCUT2D eigenvalue weighted by molar-refractivity contribution is -0.218. The number of sulfone groups is 1. The molecule has 1 unspecified atom stereocenters. The molecule has 1 N–H and O–H groups in total. The Labute approximate surface area is 225 Å². The molecule has 1 fully saturated rings. The molecule has 210 valence electrons. The Hall–Kier alpha value is -0.930. The molecule has 3 heterocycles. The van der Waals surface area contributed by atoms with Gasteiger partial charge < -0.3 is 28.4 Å². The minimum atomic E-state index is -4.21. The third-order valence-electron chi connectivity index (χ3n) is 5.27. The maximum atomic E-state index is 13.4. The van der Waals surface area contributed by atoms with Gasteiger partial charge in [0.2, 0.25) is 5.28 Å². The predicted octanol–water partition coefficient (Wildman–Crippen LogP) is 3.54. The van der Waals surface area contributed by atoms with Crippen LogP contribution in [-0.4, -0.2) is 81.8 Å². The van der Waals surface area contributed by atoms with E-state index < -0.39 is 46.8 Å². The summed E-state index contributed by atoms with van der Waals surface area (Å²) in [7, 11) is -8.25. The summed E-state index contributed by atoms with van der Waals surface area (Å²) in [4.78, 5) is 12.3. The van der Waals surface area contributed by atoms with E-state index in [4.69, 9.17) is 46.5 Å². The van der Waals surface area contributed by atoms with Gasteiger partial charge >= 0.3 is 7.60 Å². The van der Waals surface area contributed by atoms with Gasteiger partial charge in [0.15, 0.2) is 26.4 Å². The Kier molecular flexibility index (Phi) is 9.99. The monoisotopic (exact) mass is 604 g/mol. The summed E-state index contributed by atoms with van der Waals surface area (Å²) in [5.74, 6) is -1.91. The van der Waals surface area contributed by atoms with E-state index in [2.05, 4.69) is 15.0 Å². The topological polar surface area (TPSA) is 161 Å². The van der Waals surface area contributed by atoms with Gasteiger partial charge in [-0.05, 0) is 39.3 Å². The minimum absolute atomic E-state index is 0.0521. The van der Waals surface area contributed by atoms with E-state index >= 15 is 0 Å². The lowest BCUT2D eigenvalue weighted by atomic mass is 10.1. The maximum Gasteiger partial charge on any atom is 0.374 e. The van der Waals surface area contributed by atoms with Crippen molar-refractivity contribution in [1.29, 1.82) is 0 Å². The highest BCUT2D eigenvalue weighted by molar-refractivity contribution is 7.98. The average Bonchev–Trinajstić information content (AvgIpc) is 3.37. The van der Waals surface area contributed by atoms with Crippen LogP contribution in [0.3, 0.4) is 0 Å². The second-order valence-corrected chi connectivity index (χ2v) is 14.0. The van der Waals surface area contributed by atoms with Crippen LogP contribution in [0.15, 0.2) is 6.33 Å². The Morgan fingerprint density at radius 3 is 2.46 bits per heavy atom. The van der Waals surface area contributed by atoms with Crippen molar-refractivity contribution in [3.05, 3.63) is 16.8 Å². The second kappa shape index (κ2) is 12.1. The van der Waals surface area contributed by atoms with Crippen LogP contribution in [0.2, 0.25) is 10.4 Å². The largest absolute Gasteiger partial charge is 0.374 e. The predicted molar refractivity (Wildman–Crippen MR) is 135 cm³/mol. The number of hydrogen-bond acceptors (Lipinski definition) is 12. The summed E-state index contributed by atoms with van der Waals surface area (Å²) in [6, 6.07) is 0. The lowest BCUT2D eigenvalue weighted by Gasteiger charge is -2.29. The van der Waals surface area contributed by atoms with Gasteiger partial charge in [-0.15, -0.1) is 0 Å². The van der Waals surface area contributed by atoms with E-state index in [1.807, 2.05) is 0 Å². The first-order valence-corrected chi connectivity index (χ1v) is 15.7. The van der Waals surface area contributed by atoms with Crippen molar-refractivity contribution in [2.24, 2.45) is 0 Å². The van der Waals surface area contributed by atoms with Crippen molar-refractivity contribution in [3.8, 4) is 0 Å². The molecule has 2 aromatic rings. The van der Waals surface area contributed by atoms with Crippen molar-refractivity contribution in [2.45, 2.75) is 70.4 Å². The van der Waals surface area contributed by atoms with Gasteiger partial charge in [0.1, 0.15) is 17.8 Å². The number of rotatable bonds is 13. The molecule has 1 aliphatic heterocycles. The van der Waals surface area contributed by atoms with E-state index in [9.17, 15) is 18.1 Å². The summed E-state index contributed by atoms with van der Waals surface area (Å²) in [5, 5.41) is 8.39. The Bertz CT molecular complexity index is 1230. The molecule has 17 heteroatoms. The maximum absolute atomic E-state index is 13.4. The SMILES string of the molecule is CCOP(=O)(OCC)C(OC[C@H]1O[C@@H](n2cnc3c(Cl)nc(Cl)nc32)C[C@@H]1OC(C)(C)O)S(=O)(=O)CC. The van der Waals surface area contributed by atoms with Gasteiger partial charge in [-0.1, -0.05) is 18.5 Å². The van der Waals surface area contributed by atoms with Crippen LogP contribution in [-0.2, 0) is 37.7 Å². The molecule has 13 nitrogen and oxygen atoms in total. The number of fused-ring (bicyclic) bond motifs is 1. The summed E-state index contributed by atoms with van der Waals surface area (Å²) < 4.78 is 68.8. The highest BCUT2D eigenvalue weighted by Gasteiger charge is 2.48. The molecule has 0 saturated carbocycles. The van der Waals surface area contributed by atoms with E-state index in [0.717, 1.165) is 0 Å². The van der Waals surface area contributed by atoms with E-state index in [1.165, 1.54) is 27.1 Å². The van der Waals surface area contributed by atoms with Crippen LogP contribution >= 0.6 is 30.8 Å². The third kappa shape index (κ3) is 7.18. The normalized spacial score (nSPS) is 22.1. The lowest BCUT2D eigenvalue weighted by Crippen LogP contribution is -2.39. The first-order valence-electron chi connectivity index (χ1n) is 11.6. The number of nitrogens with zero attached hydrogens (tertiary/aromatic N) is 4. The van der Waals surface area contributed by atoms with Crippen LogP contribution in [0.1, 0.15) is 47.3 Å². The van der Waals surface area contributed by atoms with Crippen LogP contribution in [0.25, 0.3) is 11.2 Å². The number of hydrogen-bond donors (Lipinski definition) is 1. The third-order valence-corrected chi connectivity index (χ3v) is 10.9. The van der Waals surface area contributed by atoms with Crippen molar-refractivity contribution in [2.75, 3.05) is 25.6 Å². The zero-order valence-corrected chi connectivity index (χ0v) is 24.3. The zero-order chi connectivity index (χ0) is 27.6. The molecule has 37 heavy (non-hydrogen) atoms. The highest BCUT2D eigenvalue weighted by Crippen LogP contribution is 2.55. The fourth-order valence-corrected chi connectivity index (χ4v) is 8.50. The molecule has 0 bridgehead atoms. The molecule has 0 spiro atoms. The summed E-state index contributed by atoms with van der Waals surface area (Å²) in [6.45, 7) is 6.95. The average molecular weight is 605 g/mol. The van der Waals surface area contributed by atoms with E-state index in [1.54, 1.807) is 18.4 Å².